The van der Waals surface area contributed by atoms with Gasteiger partial charge in [0.1, 0.15) is 0 Å². The molecule has 0 saturated carbocycles. The largest absolute Gasteiger partial charge is 0.256 e. The average Bonchev–Trinajstić information content (AvgIpc) is 2.27. The van der Waals surface area contributed by atoms with Crippen molar-refractivity contribution in [1.29, 1.82) is 0 Å². The molecule has 2 aromatic rings. The van der Waals surface area contributed by atoms with Crippen LogP contribution in [0.25, 0.3) is 0 Å². The van der Waals surface area contributed by atoms with Crippen LogP contribution < -0.4 is 0 Å². The lowest BCUT2D eigenvalue weighted by Gasteiger charge is -1.95. The first-order valence-corrected chi connectivity index (χ1v) is 5.55. The molecule has 2 rings (SSSR count). The third kappa shape index (κ3) is 3.09. The van der Waals surface area contributed by atoms with Crippen LogP contribution in [0.4, 0.5) is 5.69 Å². The molecule has 0 aliphatic heterocycles. The Morgan fingerprint density at radius 3 is 2.25 bits per heavy atom. The summed E-state index contributed by atoms with van der Waals surface area (Å²) in [7, 11) is 0. The number of halogens is 2. The summed E-state index contributed by atoms with van der Waals surface area (Å²) in [5.41, 5.74) is 1.79. The Kier molecular flexibility index (Phi) is 3.60. The molecule has 80 valence electrons. The zero-order chi connectivity index (χ0) is 11.4. The van der Waals surface area contributed by atoms with Gasteiger partial charge in [0.25, 0.3) is 0 Å². The Morgan fingerprint density at radius 1 is 0.875 bits per heavy atom. The van der Waals surface area contributed by atoms with Gasteiger partial charge in [-0.3, -0.25) is 4.99 Å². The topological polar surface area (TPSA) is 12.4 Å². The zero-order valence-electron chi connectivity index (χ0n) is 8.40. The van der Waals surface area contributed by atoms with Crippen LogP contribution in [-0.2, 0) is 0 Å². The van der Waals surface area contributed by atoms with Crippen molar-refractivity contribution in [1.82, 2.24) is 0 Å². The first-order chi connectivity index (χ1) is 7.74. The van der Waals surface area contributed by atoms with Crippen LogP contribution in [0.15, 0.2) is 53.5 Å². The van der Waals surface area contributed by atoms with Gasteiger partial charge >= 0.3 is 0 Å². The summed E-state index contributed by atoms with van der Waals surface area (Å²) >= 11 is 11.7. The number of hydrogen-bond acceptors (Lipinski definition) is 1. The Balaban J connectivity index is 2.21. The highest BCUT2D eigenvalue weighted by Gasteiger charge is 1.92. The van der Waals surface area contributed by atoms with E-state index in [0.29, 0.717) is 10.0 Å². The molecule has 0 unspecified atom stereocenters. The van der Waals surface area contributed by atoms with Gasteiger partial charge in [-0.1, -0.05) is 41.4 Å². The lowest BCUT2D eigenvalue weighted by Crippen LogP contribution is -1.79. The molecule has 0 radical (unpaired) electrons. The van der Waals surface area contributed by atoms with Gasteiger partial charge in [0.2, 0.25) is 0 Å². The standard InChI is InChI=1S/C13H9Cl2N/c14-11-4-1-3-10(7-11)9-16-13-6-2-5-12(15)8-13/h1-9H. The maximum atomic E-state index is 5.87. The molecule has 16 heavy (non-hydrogen) atoms. The second kappa shape index (κ2) is 5.15. The van der Waals surface area contributed by atoms with E-state index >= 15 is 0 Å². The van der Waals surface area contributed by atoms with Crippen molar-refractivity contribution in [2.24, 2.45) is 4.99 Å². The molecular formula is C13H9Cl2N. The number of nitrogens with zero attached hydrogens (tertiary/aromatic N) is 1. The molecule has 3 heteroatoms. The summed E-state index contributed by atoms with van der Waals surface area (Å²) in [5, 5.41) is 1.38. The Morgan fingerprint density at radius 2 is 1.56 bits per heavy atom. The first kappa shape index (κ1) is 11.2. The monoisotopic (exact) mass is 249 g/mol. The van der Waals surface area contributed by atoms with Crippen molar-refractivity contribution >= 4 is 35.1 Å². The summed E-state index contributed by atoms with van der Waals surface area (Å²) in [6.45, 7) is 0. The van der Waals surface area contributed by atoms with E-state index in [1.165, 1.54) is 0 Å². The van der Waals surface area contributed by atoms with E-state index in [4.69, 9.17) is 23.2 Å². The van der Waals surface area contributed by atoms with Crippen LogP contribution in [0.2, 0.25) is 10.0 Å². The third-order valence-corrected chi connectivity index (χ3v) is 2.49. The van der Waals surface area contributed by atoms with Crippen molar-refractivity contribution in [3.63, 3.8) is 0 Å². The van der Waals surface area contributed by atoms with Crippen LogP contribution in [0.3, 0.4) is 0 Å². The molecule has 0 N–H and O–H groups in total. The fraction of sp³-hybridized carbons (Fsp3) is 0. The highest BCUT2D eigenvalue weighted by Crippen LogP contribution is 2.18. The van der Waals surface area contributed by atoms with Crippen LogP contribution in [0.1, 0.15) is 5.56 Å². The van der Waals surface area contributed by atoms with E-state index in [2.05, 4.69) is 4.99 Å². The van der Waals surface area contributed by atoms with Crippen molar-refractivity contribution < 1.29 is 0 Å². The maximum Gasteiger partial charge on any atom is 0.0644 e. The summed E-state index contributed by atoms with van der Waals surface area (Å²) < 4.78 is 0. The first-order valence-electron chi connectivity index (χ1n) is 4.79. The van der Waals surface area contributed by atoms with E-state index in [1.807, 2.05) is 48.5 Å². The van der Waals surface area contributed by atoms with Gasteiger partial charge < -0.3 is 0 Å². The second-order valence-electron chi connectivity index (χ2n) is 3.29. The fourth-order valence-corrected chi connectivity index (χ4v) is 1.68. The van der Waals surface area contributed by atoms with Crippen LogP contribution >= 0.6 is 23.2 Å². The van der Waals surface area contributed by atoms with Crippen molar-refractivity contribution in [3.8, 4) is 0 Å². The molecule has 0 saturated heterocycles. The lowest BCUT2D eigenvalue weighted by molar-refractivity contribution is 1.52. The summed E-state index contributed by atoms with van der Waals surface area (Å²) in [5.74, 6) is 0. The minimum atomic E-state index is 0.681. The highest BCUT2D eigenvalue weighted by molar-refractivity contribution is 6.31. The SMILES string of the molecule is Clc1cccc(C=Nc2cccc(Cl)c2)c1. The smallest absolute Gasteiger partial charge is 0.0644 e. The Hall–Kier alpha value is -1.31. The molecule has 2 aromatic carbocycles. The number of hydrogen-bond donors (Lipinski definition) is 0. The highest BCUT2D eigenvalue weighted by atomic mass is 35.5. The van der Waals surface area contributed by atoms with Crippen molar-refractivity contribution in [3.05, 3.63) is 64.1 Å². The van der Waals surface area contributed by atoms with Crippen molar-refractivity contribution in [2.75, 3.05) is 0 Å². The van der Waals surface area contributed by atoms with Gasteiger partial charge in [-0.15, -0.1) is 0 Å². The molecule has 0 atom stereocenters. The van der Waals surface area contributed by atoms with E-state index in [-0.39, 0.29) is 0 Å². The molecule has 1 nitrogen and oxygen atoms in total. The minimum Gasteiger partial charge on any atom is -0.256 e. The lowest BCUT2D eigenvalue weighted by atomic mass is 10.2. The molecule has 0 aliphatic rings. The third-order valence-electron chi connectivity index (χ3n) is 2.02. The van der Waals surface area contributed by atoms with Gasteiger partial charge in [-0.25, -0.2) is 0 Å². The Labute approximate surface area is 104 Å². The zero-order valence-corrected chi connectivity index (χ0v) is 9.91. The summed E-state index contributed by atoms with van der Waals surface area (Å²) in [6.07, 6.45) is 1.76. The van der Waals surface area contributed by atoms with Gasteiger partial charge in [0, 0.05) is 16.3 Å². The van der Waals surface area contributed by atoms with E-state index < -0.39 is 0 Å². The van der Waals surface area contributed by atoms with Gasteiger partial charge in [-0.2, -0.15) is 0 Å². The molecule has 0 spiro atoms. The second-order valence-corrected chi connectivity index (χ2v) is 4.17. The van der Waals surface area contributed by atoms with Crippen molar-refractivity contribution in [2.45, 2.75) is 0 Å². The maximum absolute atomic E-state index is 5.87. The molecule has 0 bridgehead atoms. The molecule has 0 aromatic heterocycles. The molecule has 0 fully saturated rings. The van der Waals surface area contributed by atoms with Crippen LogP contribution in [-0.4, -0.2) is 6.21 Å². The summed E-state index contributed by atoms with van der Waals surface area (Å²) in [6, 6.07) is 14.9. The van der Waals surface area contributed by atoms with Crippen LogP contribution in [0, 0.1) is 0 Å². The van der Waals surface area contributed by atoms with E-state index in [9.17, 15) is 0 Å². The van der Waals surface area contributed by atoms with E-state index in [1.54, 1.807) is 6.21 Å². The number of rotatable bonds is 2. The molecule has 0 aliphatic carbocycles. The predicted molar refractivity (Wildman–Crippen MR) is 70.2 cm³/mol. The Bertz CT molecular complexity index is 473. The number of aliphatic imine (C=N–C) groups is 1. The minimum absolute atomic E-state index is 0.681. The number of benzene rings is 2. The molecule has 0 amide bonds. The quantitative estimate of drug-likeness (QED) is 0.682. The van der Waals surface area contributed by atoms with Gasteiger partial charge in [0.05, 0.1) is 5.69 Å². The normalized spacial score (nSPS) is 10.9. The van der Waals surface area contributed by atoms with Gasteiger partial charge in [0.15, 0.2) is 0 Å². The van der Waals surface area contributed by atoms with E-state index in [0.717, 1.165) is 11.3 Å². The average molecular weight is 250 g/mol. The van der Waals surface area contributed by atoms with Gasteiger partial charge in [-0.05, 0) is 35.9 Å². The predicted octanol–water partition coefficient (Wildman–Crippen LogP) is 4.74. The fourth-order valence-electron chi connectivity index (χ4n) is 1.29. The summed E-state index contributed by atoms with van der Waals surface area (Å²) in [4.78, 5) is 4.31. The molecular weight excluding hydrogens is 241 g/mol. The molecule has 0 heterocycles. The van der Waals surface area contributed by atoms with Crippen LogP contribution in [0.5, 0.6) is 0 Å².